The molecule has 0 aliphatic heterocycles. The number of hydrogen-bond donors (Lipinski definition) is 2. The Morgan fingerprint density at radius 3 is 2.56 bits per heavy atom. The molecule has 138 valence electrons. The van der Waals surface area contributed by atoms with Crippen LogP contribution in [0.5, 0.6) is 5.75 Å². The summed E-state index contributed by atoms with van der Waals surface area (Å²) in [6, 6.07) is 13.1. The van der Waals surface area contributed by atoms with E-state index in [4.69, 9.17) is 16.3 Å². The molecule has 7 heteroatoms. The van der Waals surface area contributed by atoms with Crippen molar-refractivity contribution in [3.05, 3.63) is 76.6 Å². The van der Waals surface area contributed by atoms with E-state index in [1.165, 1.54) is 30.6 Å². The average Bonchev–Trinajstić information content (AvgIpc) is 2.68. The van der Waals surface area contributed by atoms with Crippen LogP contribution in [-0.2, 0) is 6.54 Å². The summed E-state index contributed by atoms with van der Waals surface area (Å²) in [6.45, 7) is 2.67. The Kier molecular flexibility index (Phi) is 5.88. The van der Waals surface area contributed by atoms with Crippen molar-refractivity contribution in [3.8, 4) is 5.75 Å². The minimum absolute atomic E-state index is 0.318. The zero-order valence-corrected chi connectivity index (χ0v) is 15.7. The van der Waals surface area contributed by atoms with Crippen molar-refractivity contribution in [3.63, 3.8) is 0 Å². The topological polar surface area (TPSA) is 76.1 Å². The van der Waals surface area contributed by atoms with Gasteiger partial charge in [-0.15, -0.1) is 0 Å². The summed E-state index contributed by atoms with van der Waals surface area (Å²) in [4.78, 5) is 20.7. The molecule has 0 unspecified atom stereocenters. The second-order valence-corrected chi connectivity index (χ2v) is 6.29. The summed E-state index contributed by atoms with van der Waals surface area (Å²) in [6.07, 6.45) is 2.96. The van der Waals surface area contributed by atoms with Gasteiger partial charge < -0.3 is 15.4 Å². The Morgan fingerprint density at radius 2 is 1.89 bits per heavy atom. The van der Waals surface area contributed by atoms with Crippen LogP contribution in [0.3, 0.4) is 0 Å². The third kappa shape index (κ3) is 4.74. The number of ether oxygens (including phenoxy) is 1. The standard InChI is InChI=1S/C20H19ClN4O2/c1-13-5-3-4-6-14(13)10-22-20-23-11-15(12-24-20)19(26)25-16-7-8-18(27-2)17(21)9-16/h3-9,11-12H,10H2,1-2H3,(H,25,26)(H,22,23,24). The van der Waals surface area contributed by atoms with Crippen molar-refractivity contribution in [2.75, 3.05) is 17.7 Å². The minimum Gasteiger partial charge on any atom is -0.495 e. The molecule has 0 aliphatic carbocycles. The van der Waals surface area contributed by atoms with Crippen molar-refractivity contribution in [2.45, 2.75) is 13.5 Å². The number of benzene rings is 2. The summed E-state index contributed by atoms with van der Waals surface area (Å²) in [7, 11) is 1.53. The van der Waals surface area contributed by atoms with E-state index in [0.717, 1.165) is 0 Å². The van der Waals surface area contributed by atoms with Gasteiger partial charge in [0.05, 0.1) is 17.7 Å². The van der Waals surface area contributed by atoms with Gasteiger partial charge in [-0.25, -0.2) is 9.97 Å². The summed E-state index contributed by atoms with van der Waals surface area (Å²) in [5.41, 5.74) is 3.27. The van der Waals surface area contributed by atoms with Crippen molar-refractivity contribution < 1.29 is 9.53 Å². The maximum atomic E-state index is 12.3. The highest BCUT2D eigenvalue weighted by Gasteiger charge is 2.09. The van der Waals surface area contributed by atoms with Gasteiger partial charge in [-0.1, -0.05) is 35.9 Å². The van der Waals surface area contributed by atoms with Gasteiger partial charge in [0.1, 0.15) is 5.75 Å². The molecule has 2 N–H and O–H groups in total. The van der Waals surface area contributed by atoms with Crippen LogP contribution in [0.15, 0.2) is 54.9 Å². The lowest BCUT2D eigenvalue weighted by atomic mass is 10.1. The summed E-state index contributed by atoms with van der Waals surface area (Å²) in [5.74, 6) is 0.686. The molecule has 2 aromatic carbocycles. The Balaban J connectivity index is 1.62. The summed E-state index contributed by atoms with van der Waals surface area (Å²) in [5, 5.41) is 6.33. The third-order valence-electron chi connectivity index (χ3n) is 4.02. The SMILES string of the molecule is COc1ccc(NC(=O)c2cnc(NCc3ccccc3C)nc2)cc1Cl. The number of aromatic nitrogens is 2. The van der Waals surface area contributed by atoms with Gasteiger partial charge in [-0.2, -0.15) is 0 Å². The maximum Gasteiger partial charge on any atom is 0.258 e. The summed E-state index contributed by atoms with van der Waals surface area (Å²) < 4.78 is 5.09. The molecule has 0 saturated heterocycles. The molecule has 0 bridgehead atoms. The van der Waals surface area contributed by atoms with E-state index >= 15 is 0 Å². The van der Waals surface area contributed by atoms with Crippen LogP contribution in [0, 0.1) is 6.92 Å². The quantitative estimate of drug-likeness (QED) is 0.664. The van der Waals surface area contributed by atoms with Crippen molar-refractivity contribution in [1.29, 1.82) is 0 Å². The normalized spacial score (nSPS) is 10.3. The Labute approximate surface area is 162 Å². The van der Waals surface area contributed by atoms with Crippen molar-refractivity contribution in [2.24, 2.45) is 0 Å². The molecule has 0 spiro atoms. The highest BCUT2D eigenvalue weighted by Crippen LogP contribution is 2.27. The van der Waals surface area contributed by atoms with Gasteiger partial charge in [-0.05, 0) is 36.2 Å². The van der Waals surface area contributed by atoms with Crippen LogP contribution < -0.4 is 15.4 Å². The molecule has 3 rings (SSSR count). The maximum absolute atomic E-state index is 12.3. The molecule has 1 amide bonds. The second kappa shape index (κ2) is 8.51. The van der Waals surface area contributed by atoms with Gasteiger partial charge in [0.15, 0.2) is 0 Å². The Bertz CT molecular complexity index is 945. The fraction of sp³-hybridized carbons (Fsp3) is 0.150. The average molecular weight is 383 g/mol. The highest BCUT2D eigenvalue weighted by molar-refractivity contribution is 6.32. The van der Waals surface area contributed by atoms with E-state index in [1.807, 2.05) is 18.2 Å². The van der Waals surface area contributed by atoms with Gasteiger partial charge >= 0.3 is 0 Å². The first-order valence-electron chi connectivity index (χ1n) is 8.32. The zero-order chi connectivity index (χ0) is 19.2. The molecule has 1 aromatic heterocycles. The molecule has 6 nitrogen and oxygen atoms in total. The van der Waals surface area contributed by atoms with Crippen LogP contribution in [0.2, 0.25) is 5.02 Å². The molecule has 0 fully saturated rings. The zero-order valence-electron chi connectivity index (χ0n) is 15.0. The third-order valence-corrected chi connectivity index (χ3v) is 4.32. The van der Waals surface area contributed by atoms with Gasteiger partial charge in [0, 0.05) is 24.6 Å². The summed E-state index contributed by atoms with van der Waals surface area (Å²) >= 11 is 6.07. The largest absolute Gasteiger partial charge is 0.495 e. The molecule has 3 aromatic rings. The number of carbonyl (C=O) groups is 1. The van der Waals surface area contributed by atoms with Crippen LogP contribution >= 0.6 is 11.6 Å². The number of hydrogen-bond acceptors (Lipinski definition) is 5. The lowest BCUT2D eigenvalue weighted by Gasteiger charge is -2.09. The molecular formula is C20H19ClN4O2. The van der Waals surface area contributed by atoms with E-state index in [1.54, 1.807) is 18.2 Å². The van der Waals surface area contributed by atoms with Crippen LogP contribution in [0.25, 0.3) is 0 Å². The van der Waals surface area contributed by atoms with Gasteiger partial charge in [-0.3, -0.25) is 4.79 Å². The van der Waals surface area contributed by atoms with Crippen LogP contribution in [-0.4, -0.2) is 23.0 Å². The number of nitrogens with one attached hydrogen (secondary N) is 2. The molecule has 0 aliphatic rings. The highest BCUT2D eigenvalue weighted by atomic mass is 35.5. The number of aryl methyl sites for hydroxylation is 1. The van der Waals surface area contributed by atoms with Crippen LogP contribution in [0.4, 0.5) is 11.6 Å². The molecular weight excluding hydrogens is 364 g/mol. The van der Waals surface area contributed by atoms with Crippen LogP contribution in [0.1, 0.15) is 21.5 Å². The predicted octanol–water partition coefficient (Wildman–Crippen LogP) is 4.31. The number of rotatable bonds is 6. The Morgan fingerprint density at radius 1 is 1.15 bits per heavy atom. The number of anilines is 2. The number of methoxy groups -OCH3 is 1. The molecule has 27 heavy (non-hydrogen) atoms. The van der Waals surface area contributed by atoms with E-state index < -0.39 is 0 Å². The predicted molar refractivity (Wildman–Crippen MR) is 106 cm³/mol. The smallest absolute Gasteiger partial charge is 0.258 e. The first-order chi connectivity index (χ1) is 13.1. The number of amides is 1. The molecule has 0 atom stereocenters. The lowest BCUT2D eigenvalue weighted by molar-refractivity contribution is 0.102. The van der Waals surface area contributed by atoms with Crippen molar-refractivity contribution in [1.82, 2.24) is 9.97 Å². The first-order valence-corrected chi connectivity index (χ1v) is 8.70. The molecule has 1 heterocycles. The van der Waals surface area contributed by atoms with E-state index in [-0.39, 0.29) is 5.91 Å². The number of halogens is 1. The van der Waals surface area contributed by atoms with Gasteiger partial charge in [0.2, 0.25) is 5.95 Å². The molecule has 0 saturated carbocycles. The minimum atomic E-state index is -0.318. The number of carbonyl (C=O) groups excluding carboxylic acids is 1. The van der Waals surface area contributed by atoms with E-state index in [0.29, 0.717) is 34.5 Å². The van der Waals surface area contributed by atoms with Gasteiger partial charge in [0.25, 0.3) is 5.91 Å². The fourth-order valence-corrected chi connectivity index (χ4v) is 2.72. The monoisotopic (exact) mass is 382 g/mol. The lowest BCUT2D eigenvalue weighted by Crippen LogP contribution is -2.13. The second-order valence-electron chi connectivity index (χ2n) is 5.88. The van der Waals surface area contributed by atoms with E-state index in [2.05, 4.69) is 33.6 Å². The van der Waals surface area contributed by atoms with Crippen molar-refractivity contribution >= 4 is 29.1 Å². The fourth-order valence-electron chi connectivity index (χ4n) is 2.47. The number of nitrogens with zero attached hydrogens (tertiary/aromatic N) is 2. The van der Waals surface area contributed by atoms with E-state index in [9.17, 15) is 4.79 Å². The first kappa shape index (κ1) is 18.7. The Hall–Kier alpha value is -3.12. The molecule has 0 radical (unpaired) electrons.